The summed E-state index contributed by atoms with van der Waals surface area (Å²) in [6.07, 6.45) is -3.41. The highest BCUT2D eigenvalue weighted by atomic mass is 127. The highest BCUT2D eigenvalue weighted by molar-refractivity contribution is 14.0. The summed E-state index contributed by atoms with van der Waals surface area (Å²) < 4.78 is 38.0. The number of nitrogens with zero attached hydrogens (tertiary/aromatic N) is 3. The van der Waals surface area contributed by atoms with Crippen LogP contribution in [0.25, 0.3) is 0 Å². The molecule has 1 heterocycles. The van der Waals surface area contributed by atoms with Gasteiger partial charge in [0, 0.05) is 19.3 Å². The minimum Gasteiger partial charge on any atom is -0.357 e. The van der Waals surface area contributed by atoms with Gasteiger partial charge in [-0.15, -0.1) is 24.0 Å². The minimum absolute atomic E-state index is 0. The van der Waals surface area contributed by atoms with Gasteiger partial charge in [-0.2, -0.15) is 13.2 Å². The molecule has 2 rings (SSSR count). The lowest BCUT2D eigenvalue weighted by molar-refractivity contribution is -0.141. The zero-order valence-corrected chi connectivity index (χ0v) is 18.0. The molecule has 10 heteroatoms. The number of nitrogens with one attached hydrogen (secondary N) is 3. The van der Waals surface area contributed by atoms with Crippen molar-refractivity contribution in [2.24, 2.45) is 4.99 Å². The minimum atomic E-state index is -4.49. The molecule has 0 fully saturated rings. The Morgan fingerprint density at radius 2 is 1.89 bits per heavy atom. The second kappa shape index (κ2) is 11.7. The van der Waals surface area contributed by atoms with Gasteiger partial charge in [-0.25, -0.2) is 9.97 Å². The van der Waals surface area contributed by atoms with Crippen LogP contribution in [0.1, 0.15) is 31.1 Å². The highest BCUT2D eigenvalue weighted by Crippen LogP contribution is 2.27. The maximum absolute atomic E-state index is 12.7. The van der Waals surface area contributed by atoms with Gasteiger partial charge >= 0.3 is 6.18 Å². The fourth-order valence-electron chi connectivity index (χ4n) is 2.29. The molecule has 1 aromatic heterocycles. The van der Waals surface area contributed by atoms with E-state index < -0.39 is 11.9 Å². The normalized spacial score (nSPS) is 12.7. The third kappa shape index (κ3) is 7.87. The number of hydrogen-bond donors (Lipinski definition) is 3. The van der Waals surface area contributed by atoms with Crippen molar-refractivity contribution in [1.29, 1.82) is 0 Å². The van der Waals surface area contributed by atoms with Crippen LogP contribution in [0.5, 0.6) is 0 Å². The lowest BCUT2D eigenvalue weighted by Crippen LogP contribution is -2.39. The van der Waals surface area contributed by atoms with Gasteiger partial charge in [-0.3, -0.25) is 4.99 Å². The summed E-state index contributed by atoms with van der Waals surface area (Å²) in [7, 11) is 0. The van der Waals surface area contributed by atoms with Crippen molar-refractivity contribution in [3.05, 3.63) is 53.9 Å². The van der Waals surface area contributed by atoms with Crippen LogP contribution in [0.3, 0.4) is 0 Å². The molecular weight excluding hydrogens is 484 g/mol. The summed E-state index contributed by atoms with van der Waals surface area (Å²) in [5.41, 5.74) is 0.147. The molecule has 0 spiro atoms. The second-order valence-electron chi connectivity index (χ2n) is 5.73. The first-order valence-corrected chi connectivity index (χ1v) is 8.64. The largest absolute Gasteiger partial charge is 0.433 e. The predicted octanol–water partition coefficient (Wildman–Crippen LogP) is 3.84. The highest BCUT2D eigenvalue weighted by Gasteiger charge is 2.32. The number of aromatic nitrogens is 2. The summed E-state index contributed by atoms with van der Waals surface area (Å²) in [6.45, 7) is 5.32. The molecule has 6 nitrogen and oxygen atoms in total. The molecule has 154 valence electrons. The number of rotatable bonds is 7. The van der Waals surface area contributed by atoms with Crippen LogP contribution >= 0.6 is 24.0 Å². The van der Waals surface area contributed by atoms with Crippen molar-refractivity contribution in [1.82, 2.24) is 20.6 Å². The van der Waals surface area contributed by atoms with Crippen LogP contribution in [0.4, 0.5) is 19.1 Å². The molecule has 0 aliphatic rings. The van der Waals surface area contributed by atoms with Crippen LogP contribution in [-0.4, -0.2) is 35.6 Å². The van der Waals surface area contributed by atoms with E-state index in [9.17, 15) is 13.2 Å². The molecule has 0 aliphatic heterocycles. The Kier molecular flexibility index (Phi) is 9.97. The van der Waals surface area contributed by atoms with Crippen molar-refractivity contribution in [2.75, 3.05) is 25.0 Å². The molecule has 0 aliphatic carbocycles. The molecule has 28 heavy (non-hydrogen) atoms. The summed E-state index contributed by atoms with van der Waals surface area (Å²) >= 11 is 0. The summed E-state index contributed by atoms with van der Waals surface area (Å²) in [5, 5.41) is 9.19. The van der Waals surface area contributed by atoms with E-state index in [0.29, 0.717) is 25.6 Å². The summed E-state index contributed by atoms with van der Waals surface area (Å²) in [4.78, 5) is 11.7. The van der Waals surface area contributed by atoms with E-state index in [-0.39, 0.29) is 36.0 Å². The van der Waals surface area contributed by atoms with Crippen LogP contribution in [0, 0.1) is 0 Å². The Balaban J connectivity index is 0.00000392. The second-order valence-corrected chi connectivity index (χ2v) is 5.73. The molecule has 2 aromatic rings. The maximum atomic E-state index is 12.7. The van der Waals surface area contributed by atoms with E-state index in [1.54, 1.807) is 0 Å². The van der Waals surface area contributed by atoms with Crippen molar-refractivity contribution in [3.8, 4) is 0 Å². The smallest absolute Gasteiger partial charge is 0.357 e. The molecule has 0 amide bonds. The van der Waals surface area contributed by atoms with Gasteiger partial charge in [-0.1, -0.05) is 30.3 Å². The average Bonchev–Trinajstić information content (AvgIpc) is 2.65. The fraction of sp³-hybridized carbons (Fsp3) is 0.389. The number of halogens is 4. The number of alkyl halides is 3. The van der Waals surface area contributed by atoms with E-state index >= 15 is 0 Å². The van der Waals surface area contributed by atoms with Crippen LogP contribution < -0.4 is 16.0 Å². The Hall–Kier alpha value is -2.11. The number of hydrogen-bond acceptors (Lipinski definition) is 4. The van der Waals surface area contributed by atoms with Gasteiger partial charge in [0.2, 0.25) is 5.95 Å². The van der Waals surface area contributed by atoms with Gasteiger partial charge in [-0.05, 0) is 25.5 Å². The van der Waals surface area contributed by atoms with Crippen molar-refractivity contribution in [3.63, 3.8) is 0 Å². The first-order valence-electron chi connectivity index (χ1n) is 8.64. The third-order valence-corrected chi connectivity index (χ3v) is 3.61. The fourth-order valence-corrected chi connectivity index (χ4v) is 2.29. The molecule has 3 N–H and O–H groups in total. The monoisotopic (exact) mass is 508 g/mol. The number of anilines is 1. The molecule has 0 radical (unpaired) electrons. The molecule has 1 atom stereocenters. The van der Waals surface area contributed by atoms with Gasteiger partial charge in [0.1, 0.15) is 5.69 Å². The average molecular weight is 508 g/mol. The molecule has 1 aromatic carbocycles. The van der Waals surface area contributed by atoms with E-state index in [0.717, 1.165) is 17.8 Å². The Labute approximate surface area is 179 Å². The molecular formula is C18H24F3IN6. The van der Waals surface area contributed by atoms with Crippen molar-refractivity contribution in [2.45, 2.75) is 26.1 Å². The standard InChI is InChI=1S/C18H23F3N6.HI/c1-3-22-16(26-13(2)14-7-5-4-6-8-14)24-11-12-25-17-23-10-9-15(27-17)18(19,20)21;/h4-10,13H,3,11-12H2,1-2H3,(H2,22,24,26)(H,23,25,27);1H. The van der Waals surface area contributed by atoms with Crippen molar-refractivity contribution < 1.29 is 13.2 Å². The number of guanidine groups is 1. The number of aliphatic imine (C=N–C) groups is 1. The van der Waals surface area contributed by atoms with Gasteiger partial charge in [0.15, 0.2) is 5.96 Å². The van der Waals surface area contributed by atoms with E-state index in [2.05, 4.69) is 30.9 Å². The van der Waals surface area contributed by atoms with E-state index in [1.807, 2.05) is 44.2 Å². The summed E-state index contributed by atoms with van der Waals surface area (Å²) in [6, 6.07) is 10.8. The van der Waals surface area contributed by atoms with Gasteiger partial charge in [0.25, 0.3) is 0 Å². The van der Waals surface area contributed by atoms with E-state index in [4.69, 9.17) is 0 Å². The van der Waals surface area contributed by atoms with Gasteiger partial charge in [0.05, 0.1) is 12.6 Å². The summed E-state index contributed by atoms with van der Waals surface area (Å²) in [5.74, 6) is 0.552. The predicted molar refractivity (Wildman–Crippen MR) is 115 cm³/mol. The molecule has 0 saturated heterocycles. The topological polar surface area (TPSA) is 74.2 Å². The van der Waals surface area contributed by atoms with Gasteiger partial charge < -0.3 is 16.0 Å². The van der Waals surface area contributed by atoms with E-state index in [1.165, 1.54) is 0 Å². The Morgan fingerprint density at radius 3 is 2.54 bits per heavy atom. The van der Waals surface area contributed by atoms with Crippen LogP contribution in [-0.2, 0) is 6.18 Å². The Bertz CT molecular complexity index is 740. The number of benzene rings is 1. The first-order chi connectivity index (χ1) is 12.9. The third-order valence-electron chi connectivity index (χ3n) is 3.61. The van der Waals surface area contributed by atoms with Crippen molar-refractivity contribution >= 4 is 35.9 Å². The first kappa shape index (κ1) is 23.9. The SMILES string of the molecule is CCNC(=NCCNc1nccc(C(F)(F)F)n1)NC(C)c1ccccc1.I. The molecule has 0 saturated carbocycles. The maximum Gasteiger partial charge on any atom is 0.433 e. The zero-order valence-electron chi connectivity index (χ0n) is 15.6. The lowest BCUT2D eigenvalue weighted by Gasteiger charge is -2.18. The van der Waals surface area contributed by atoms with Crippen LogP contribution in [0.15, 0.2) is 47.6 Å². The lowest BCUT2D eigenvalue weighted by atomic mass is 10.1. The zero-order chi connectivity index (χ0) is 19.7. The van der Waals surface area contributed by atoms with Crippen LogP contribution in [0.2, 0.25) is 0 Å². The quantitative estimate of drug-likeness (QED) is 0.230. The molecule has 1 unspecified atom stereocenters. The Morgan fingerprint density at radius 1 is 1.18 bits per heavy atom. The molecule has 0 bridgehead atoms.